The van der Waals surface area contributed by atoms with Gasteiger partial charge in [-0.05, 0) is 30.2 Å². The van der Waals surface area contributed by atoms with E-state index in [2.05, 4.69) is 9.71 Å². The number of benzene rings is 1. The van der Waals surface area contributed by atoms with Crippen molar-refractivity contribution in [3.63, 3.8) is 0 Å². The van der Waals surface area contributed by atoms with E-state index in [-0.39, 0.29) is 6.04 Å². The van der Waals surface area contributed by atoms with E-state index in [1.54, 1.807) is 6.07 Å². The van der Waals surface area contributed by atoms with Gasteiger partial charge in [-0.1, -0.05) is 42.5 Å². The maximum atomic E-state index is 12.0. The summed E-state index contributed by atoms with van der Waals surface area (Å²) in [6.45, 7) is 1.81. The number of rotatable bonds is 5. The Bertz CT molecular complexity index is 730. The average Bonchev–Trinajstić information content (AvgIpc) is 2.46. The smallest absolute Gasteiger partial charge is 0.234 e. The molecule has 21 heavy (non-hydrogen) atoms. The molecule has 0 fully saturated rings. The van der Waals surface area contributed by atoms with Gasteiger partial charge < -0.3 is 0 Å². The Hall–Kier alpha value is -1.92. The highest BCUT2D eigenvalue weighted by Gasteiger charge is 2.12. The van der Waals surface area contributed by atoms with Crippen molar-refractivity contribution in [1.29, 1.82) is 0 Å². The van der Waals surface area contributed by atoms with Crippen LogP contribution in [0.2, 0.25) is 0 Å². The van der Waals surface area contributed by atoms with E-state index < -0.39 is 10.0 Å². The van der Waals surface area contributed by atoms with Gasteiger partial charge in [-0.15, -0.1) is 0 Å². The number of pyridine rings is 1. The van der Waals surface area contributed by atoms with Crippen molar-refractivity contribution in [2.24, 2.45) is 0 Å². The Morgan fingerprint density at radius 1 is 1.14 bits per heavy atom. The summed E-state index contributed by atoms with van der Waals surface area (Å²) < 4.78 is 26.7. The molecule has 0 amide bonds. The molecular weight excluding hydrogens is 283 g/mol. The lowest BCUT2D eigenvalue weighted by molar-refractivity contribution is 0.576. The fraction of sp³-hybridized carbons (Fsp3) is 0.133. The van der Waals surface area contributed by atoms with E-state index in [0.29, 0.717) is 5.69 Å². The largest absolute Gasteiger partial charge is 0.264 e. The first kappa shape index (κ1) is 15.5. The normalized spacial score (nSPS) is 13.4. The quantitative estimate of drug-likeness (QED) is 0.838. The Labute approximate surface area is 126 Å². The number of nitrogens with one attached hydrogen (secondary N) is 1. The predicted octanol–water partition coefficient (Wildman–Crippen LogP) is 0.991. The van der Waals surface area contributed by atoms with Crippen LogP contribution in [0.3, 0.4) is 0 Å². The van der Waals surface area contributed by atoms with Crippen LogP contribution in [0, 0.1) is 0 Å². The number of nitrogens with zero attached hydrogens (tertiary/aromatic N) is 1. The molecule has 1 atom stereocenters. The van der Waals surface area contributed by atoms with Crippen LogP contribution in [-0.4, -0.2) is 21.2 Å². The van der Waals surface area contributed by atoms with Crippen molar-refractivity contribution in [2.75, 3.05) is 0 Å². The summed E-state index contributed by atoms with van der Waals surface area (Å²) in [4.78, 5) is 4.23. The zero-order valence-electron chi connectivity index (χ0n) is 12.0. The lowest BCUT2D eigenvalue weighted by atomic mass is 10.0. The SMILES string of the molecule is Bc1cccc(/C=C/S(=O)(=O)N[C@H](C)c2ccccc2)n1. The molecule has 0 bridgehead atoms. The molecule has 1 heterocycles. The molecular formula is C15H17BN2O2S. The summed E-state index contributed by atoms with van der Waals surface area (Å²) >= 11 is 0. The van der Waals surface area contributed by atoms with Crippen LogP contribution in [-0.2, 0) is 10.0 Å². The third-order valence-electron chi connectivity index (χ3n) is 2.97. The van der Waals surface area contributed by atoms with Gasteiger partial charge in [0.1, 0.15) is 0 Å². The van der Waals surface area contributed by atoms with Crippen LogP contribution in [0.15, 0.2) is 53.9 Å². The number of hydrogen-bond acceptors (Lipinski definition) is 3. The van der Waals surface area contributed by atoms with Gasteiger partial charge in [-0.25, -0.2) is 13.1 Å². The summed E-state index contributed by atoms with van der Waals surface area (Å²) in [5, 5.41) is 1.15. The minimum Gasteiger partial charge on any atom is -0.264 e. The zero-order chi connectivity index (χ0) is 15.3. The highest BCUT2D eigenvalue weighted by Crippen LogP contribution is 2.13. The molecule has 0 aliphatic carbocycles. The average molecular weight is 300 g/mol. The van der Waals surface area contributed by atoms with Crippen molar-refractivity contribution in [2.45, 2.75) is 13.0 Å². The molecule has 0 saturated carbocycles. The Morgan fingerprint density at radius 2 is 1.86 bits per heavy atom. The first-order chi connectivity index (χ1) is 9.96. The van der Waals surface area contributed by atoms with Crippen LogP contribution in [0.5, 0.6) is 0 Å². The summed E-state index contributed by atoms with van der Waals surface area (Å²) in [6.07, 6.45) is 1.49. The number of aromatic nitrogens is 1. The molecule has 2 rings (SSSR count). The lowest BCUT2D eigenvalue weighted by Gasteiger charge is -2.12. The molecule has 0 aliphatic rings. The lowest BCUT2D eigenvalue weighted by Crippen LogP contribution is -2.24. The third-order valence-corrected chi connectivity index (χ3v) is 4.14. The summed E-state index contributed by atoms with van der Waals surface area (Å²) in [7, 11) is -1.65. The molecule has 0 spiro atoms. The van der Waals surface area contributed by atoms with Gasteiger partial charge in [0.25, 0.3) is 0 Å². The van der Waals surface area contributed by atoms with E-state index in [1.807, 2.05) is 57.2 Å². The zero-order valence-corrected chi connectivity index (χ0v) is 12.8. The van der Waals surface area contributed by atoms with Crippen molar-refractivity contribution in [1.82, 2.24) is 9.71 Å². The van der Waals surface area contributed by atoms with Crippen LogP contribution < -0.4 is 10.3 Å². The summed E-state index contributed by atoms with van der Waals surface area (Å²) in [5.74, 6) is 0. The van der Waals surface area contributed by atoms with Crippen molar-refractivity contribution >= 4 is 29.5 Å². The molecule has 4 nitrogen and oxygen atoms in total. The highest BCUT2D eigenvalue weighted by atomic mass is 32.2. The fourth-order valence-electron chi connectivity index (χ4n) is 1.91. The summed E-state index contributed by atoms with van der Waals surface area (Å²) in [5.41, 5.74) is 2.39. The molecule has 1 aromatic heterocycles. The monoisotopic (exact) mass is 300 g/mol. The molecule has 0 aliphatic heterocycles. The van der Waals surface area contributed by atoms with Gasteiger partial charge in [0.15, 0.2) is 7.85 Å². The first-order valence-electron chi connectivity index (χ1n) is 6.65. The molecule has 6 heteroatoms. The molecule has 1 N–H and O–H groups in total. The van der Waals surface area contributed by atoms with Crippen molar-refractivity contribution in [3.05, 3.63) is 65.2 Å². The van der Waals surface area contributed by atoms with Gasteiger partial charge in [0.05, 0.1) is 5.69 Å². The van der Waals surface area contributed by atoms with E-state index in [9.17, 15) is 8.42 Å². The van der Waals surface area contributed by atoms with Gasteiger partial charge in [-0.3, -0.25) is 4.98 Å². The maximum absolute atomic E-state index is 12.0. The maximum Gasteiger partial charge on any atom is 0.234 e. The van der Waals surface area contributed by atoms with Crippen LogP contribution in [0.25, 0.3) is 6.08 Å². The topological polar surface area (TPSA) is 59.1 Å². The second kappa shape index (κ2) is 6.69. The molecule has 0 radical (unpaired) electrons. The second-order valence-corrected chi connectivity index (χ2v) is 6.40. The van der Waals surface area contributed by atoms with E-state index in [0.717, 1.165) is 16.6 Å². The van der Waals surface area contributed by atoms with Crippen molar-refractivity contribution in [3.8, 4) is 0 Å². The minimum atomic E-state index is -3.51. The molecule has 2 aromatic rings. The minimum absolute atomic E-state index is 0.286. The Morgan fingerprint density at radius 3 is 2.52 bits per heavy atom. The van der Waals surface area contributed by atoms with Gasteiger partial charge >= 0.3 is 0 Å². The molecule has 108 valence electrons. The Kier molecular flexibility index (Phi) is 4.93. The Balaban J connectivity index is 2.09. The molecule has 0 saturated heterocycles. The fourth-order valence-corrected chi connectivity index (χ4v) is 2.94. The van der Waals surface area contributed by atoms with Gasteiger partial charge in [-0.2, -0.15) is 0 Å². The standard InChI is InChI=1S/C15H17BN2O2S/c1-12(13-6-3-2-4-7-13)18-21(19,20)11-10-14-8-5-9-15(16)17-14/h2-12,18H,16H2,1H3/b11-10+/t12-/m1/s1. The highest BCUT2D eigenvalue weighted by molar-refractivity contribution is 7.92. The second-order valence-electron chi connectivity index (χ2n) is 4.80. The van der Waals surface area contributed by atoms with E-state index in [4.69, 9.17) is 0 Å². The van der Waals surface area contributed by atoms with Crippen molar-refractivity contribution < 1.29 is 8.42 Å². The van der Waals surface area contributed by atoms with Crippen LogP contribution in [0.4, 0.5) is 0 Å². The van der Waals surface area contributed by atoms with Crippen LogP contribution >= 0.6 is 0 Å². The van der Waals surface area contributed by atoms with Crippen LogP contribution in [0.1, 0.15) is 24.2 Å². The first-order valence-corrected chi connectivity index (χ1v) is 8.20. The number of hydrogen-bond donors (Lipinski definition) is 1. The summed E-state index contributed by atoms with van der Waals surface area (Å²) in [6, 6.07) is 14.6. The van der Waals surface area contributed by atoms with Gasteiger partial charge in [0, 0.05) is 11.4 Å². The van der Waals surface area contributed by atoms with E-state index in [1.165, 1.54) is 6.08 Å². The predicted molar refractivity (Wildman–Crippen MR) is 88.4 cm³/mol. The van der Waals surface area contributed by atoms with E-state index >= 15 is 0 Å². The molecule has 1 aromatic carbocycles. The third kappa shape index (κ3) is 4.84. The van der Waals surface area contributed by atoms with Gasteiger partial charge in [0.2, 0.25) is 10.0 Å². The number of sulfonamides is 1. The molecule has 0 unspecified atom stereocenters.